The number of rotatable bonds is 4. The molecule has 0 aromatic heterocycles. The van der Waals surface area contributed by atoms with Gasteiger partial charge in [-0.15, -0.1) is 0 Å². The fraction of sp³-hybridized carbons (Fsp3) is 0.846. The summed E-state index contributed by atoms with van der Waals surface area (Å²) >= 11 is 0.625. The quantitative estimate of drug-likeness (QED) is 0.371. The third-order valence-electron chi connectivity index (χ3n) is 3.98. The number of nitrogens with zero attached hydrogens (tertiary/aromatic N) is 1. The van der Waals surface area contributed by atoms with Crippen LogP contribution in [0.25, 0.3) is 0 Å². The maximum absolute atomic E-state index is 12.1. The van der Waals surface area contributed by atoms with Crippen molar-refractivity contribution in [2.75, 3.05) is 13.2 Å². The van der Waals surface area contributed by atoms with Crippen LogP contribution in [0.15, 0.2) is 0 Å². The highest BCUT2D eigenvalue weighted by Gasteiger charge is 2.45. The first-order valence-corrected chi connectivity index (χ1v) is 8.22. The Morgan fingerprint density at radius 3 is 2.61 bits per heavy atom. The van der Waals surface area contributed by atoms with Crippen molar-refractivity contribution in [3.63, 3.8) is 0 Å². The number of hydrazine groups is 1. The molecule has 2 saturated heterocycles. The average molecular weight is 350 g/mol. The molecule has 10 heteroatoms. The normalized spacial score (nSPS) is 38.7. The topological polar surface area (TPSA) is 140 Å². The molecule has 0 saturated carbocycles. The first-order chi connectivity index (χ1) is 10.8. The Balaban J connectivity index is 2.02. The molecular formula is C13H22N2O7S. The van der Waals surface area contributed by atoms with Crippen LogP contribution in [0, 0.1) is 0 Å². The molecule has 0 bridgehead atoms. The van der Waals surface area contributed by atoms with E-state index in [-0.39, 0.29) is 10.2 Å². The largest absolute Gasteiger partial charge is 0.394 e. The third-order valence-corrected chi connectivity index (χ3v) is 4.74. The second-order valence-corrected chi connectivity index (χ2v) is 6.83. The lowest BCUT2D eigenvalue weighted by atomic mass is 9.97. The molecule has 6 atom stereocenters. The van der Waals surface area contributed by atoms with E-state index in [0.29, 0.717) is 31.1 Å². The molecule has 9 nitrogen and oxygen atoms in total. The maximum atomic E-state index is 12.1. The SMILES string of the molecule is CC(=O)SC(=O)[C@@H]1CCCN1N[C@H]1C(O)O[C@H](CO)[C@H](O)[C@@H]1O. The minimum Gasteiger partial charge on any atom is -0.394 e. The van der Waals surface area contributed by atoms with Gasteiger partial charge in [-0.25, -0.2) is 10.4 Å². The predicted octanol–water partition coefficient (Wildman–Crippen LogP) is -2.44. The molecule has 23 heavy (non-hydrogen) atoms. The van der Waals surface area contributed by atoms with Gasteiger partial charge in [0.25, 0.3) is 0 Å². The minimum absolute atomic E-state index is 0.302. The van der Waals surface area contributed by atoms with Crippen molar-refractivity contribution >= 4 is 22.0 Å². The molecule has 2 rings (SSSR count). The molecule has 132 valence electrons. The standard InChI is InChI=1S/C13H22N2O7S/c1-6(17)23-13(21)7-3-2-4-15(7)14-9-11(19)10(18)8(5-16)22-12(9)20/h7-12,14,16,18-20H,2-5H2,1H3/t7-,8+,9+,10-,11+,12?/m0/s1. The molecule has 2 aliphatic rings. The van der Waals surface area contributed by atoms with E-state index in [1.165, 1.54) is 6.92 Å². The van der Waals surface area contributed by atoms with E-state index in [1.807, 2.05) is 0 Å². The van der Waals surface area contributed by atoms with Gasteiger partial charge >= 0.3 is 0 Å². The van der Waals surface area contributed by atoms with E-state index in [1.54, 1.807) is 5.01 Å². The summed E-state index contributed by atoms with van der Waals surface area (Å²) in [4.78, 5) is 23.1. The fourth-order valence-corrected chi connectivity index (χ4v) is 3.47. The smallest absolute Gasteiger partial charge is 0.214 e. The molecule has 0 amide bonds. The van der Waals surface area contributed by atoms with Gasteiger partial charge in [0, 0.05) is 13.5 Å². The van der Waals surface area contributed by atoms with Gasteiger partial charge < -0.3 is 25.2 Å². The zero-order valence-corrected chi connectivity index (χ0v) is 13.5. The van der Waals surface area contributed by atoms with Crippen molar-refractivity contribution in [2.45, 2.75) is 56.5 Å². The molecule has 0 spiro atoms. The van der Waals surface area contributed by atoms with E-state index in [4.69, 9.17) is 9.84 Å². The van der Waals surface area contributed by atoms with Gasteiger partial charge in [-0.3, -0.25) is 9.59 Å². The van der Waals surface area contributed by atoms with E-state index < -0.39 is 43.3 Å². The Labute approximate surface area is 137 Å². The van der Waals surface area contributed by atoms with Crippen molar-refractivity contribution in [1.29, 1.82) is 0 Å². The summed E-state index contributed by atoms with van der Waals surface area (Å²) < 4.78 is 5.06. The molecule has 2 aliphatic heterocycles. The number of hydrogen-bond acceptors (Lipinski definition) is 10. The van der Waals surface area contributed by atoms with E-state index in [9.17, 15) is 24.9 Å². The molecule has 0 radical (unpaired) electrons. The predicted molar refractivity (Wildman–Crippen MR) is 79.9 cm³/mol. The van der Waals surface area contributed by atoms with Gasteiger partial charge in [-0.05, 0) is 24.6 Å². The van der Waals surface area contributed by atoms with Gasteiger partial charge in [0.1, 0.15) is 24.4 Å². The average Bonchev–Trinajstić information content (AvgIpc) is 2.95. The molecule has 0 aromatic rings. The summed E-state index contributed by atoms with van der Waals surface area (Å²) in [5.41, 5.74) is 2.82. The molecule has 2 heterocycles. The van der Waals surface area contributed by atoms with Gasteiger partial charge in [-0.1, -0.05) is 0 Å². The minimum atomic E-state index is -1.46. The third kappa shape index (κ3) is 4.28. The highest BCUT2D eigenvalue weighted by molar-refractivity contribution is 8.26. The number of aliphatic hydroxyl groups is 4. The van der Waals surface area contributed by atoms with Gasteiger partial charge in [0.15, 0.2) is 11.4 Å². The van der Waals surface area contributed by atoms with E-state index in [2.05, 4.69) is 5.43 Å². The monoisotopic (exact) mass is 350 g/mol. The summed E-state index contributed by atoms with van der Waals surface area (Å²) in [7, 11) is 0. The Morgan fingerprint density at radius 1 is 1.30 bits per heavy atom. The lowest BCUT2D eigenvalue weighted by molar-refractivity contribution is -0.261. The Kier molecular flexibility index (Phi) is 6.51. The molecule has 5 N–H and O–H groups in total. The maximum Gasteiger partial charge on any atom is 0.214 e. The van der Waals surface area contributed by atoms with Crippen LogP contribution >= 0.6 is 11.8 Å². The van der Waals surface area contributed by atoms with Crippen molar-refractivity contribution in [2.24, 2.45) is 0 Å². The number of ether oxygens (including phenoxy) is 1. The number of thioether (sulfide) groups is 1. The van der Waals surface area contributed by atoms with Crippen molar-refractivity contribution in [3.05, 3.63) is 0 Å². The second kappa shape index (κ2) is 7.99. The van der Waals surface area contributed by atoms with Crippen molar-refractivity contribution in [1.82, 2.24) is 10.4 Å². The summed E-state index contributed by atoms with van der Waals surface area (Å²) in [5, 5.41) is 39.9. The van der Waals surface area contributed by atoms with Crippen LogP contribution in [-0.4, -0.2) is 85.5 Å². The summed E-state index contributed by atoms with van der Waals surface area (Å²) in [5.74, 6) is 0. The first kappa shape index (κ1) is 18.7. The molecule has 2 fully saturated rings. The highest BCUT2D eigenvalue weighted by atomic mass is 32.2. The van der Waals surface area contributed by atoms with Crippen LogP contribution in [0.3, 0.4) is 0 Å². The Morgan fingerprint density at radius 2 is 2.00 bits per heavy atom. The lowest BCUT2D eigenvalue weighted by Gasteiger charge is -2.42. The van der Waals surface area contributed by atoms with E-state index in [0.717, 1.165) is 0 Å². The number of aliphatic hydroxyl groups excluding tert-OH is 4. The zero-order chi connectivity index (χ0) is 17.1. The van der Waals surface area contributed by atoms with Crippen LogP contribution in [0.5, 0.6) is 0 Å². The number of nitrogens with one attached hydrogen (secondary N) is 1. The summed E-state index contributed by atoms with van der Waals surface area (Å²) in [6.07, 6.45) is -4.03. The van der Waals surface area contributed by atoms with Gasteiger partial charge in [0.2, 0.25) is 5.12 Å². The summed E-state index contributed by atoms with van der Waals surface area (Å²) in [6, 6.07) is -1.61. The van der Waals surface area contributed by atoms with Crippen LogP contribution in [0.1, 0.15) is 19.8 Å². The molecule has 0 aromatic carbocycles. The van der Waals surface area contributed by atoms with Crippen LogP contribution < -0.4 is 5.43 Å². The number of carbonyl (C=O) groups is 2. The first-order valence-electron chi connectivity index (χ1n) is 7.40. The summed E-state index contributed by atoms with van der Waals surface area (Å²) in [6.45, 7) is 1.26. The fourth-order valence-electron chi connectivity index (χ4n) is 2.80. The molecular weight excluding hydrogens is 328 g/mol. The zero-order valence-electron chi connectivity index (χ0n) is 12.7. The molecule has 0 aliphatic carbocycles. The Hall–Kier alpha value is -0.590. The number of hydrogen-bond donors (Lipinski definition) is 5. The van der Waals surface area contributed by atoms with Crippen molar-refractivity contribution in [3.8, 4) is 0 Å². The van der Waals surface area contributed by atoms with E-state index >= 15 is 0 Å². The number of carbonyl (C=O) groups excluding carboxylic acids is 2. The van der Waals surface area contributed by atoms with Crippen LogP contribution in [-0.2, 0) is 14.3 Å². The van der Waals surface area contributed by atoms with Crippen molar-refractivity contribution < 1.29 is 34.8 Å². The molecule has 1 unspecified atom stereocenters. The highest BCUT2D eigenvalue weighted by Crippen LogP contribution is 2.25. The second-order valence-electron chi connectivity index (χ2n) is 5.65. The van der Waals surface area contributed by atoms with Gasteiger partial charge in [-0.2, -0.15) is 0 Å². The lowest BCUT2D eigenvalue weighted by Crippen LogP contribution is -2.66. The Bertz CT molecular complexity index is 452. The van der Waals surface area contributed by atoms with Crippen LogP contribution in [0.4, 0.5) is 0 Å². The van der Waals surface area contributed by atoms with Crippen LogP contribution in [0.2, 0.25) is 0 Å². The van der Waals surface area contributed by atoms with Gasteiger partial charge in [0.05, 0.1) is 12.6 Å².